The van der Waals surface area contributed by atoms with Crippen molar-refractivity contribution >= 4 is 17.5 Å². The second-order valence-corrected chi connectivity index (χ2v) is 6.93. The van der Waals surface area contributed by atoms with Gasteiger partial charge in [0.2, 0.25) is 0 Å². The molecular weight excluding hydrogens is 417 g/mol. The van der Waals surface area contributed by atoms with Gasteiger partial charge in [-0.05, 0) is 44.5 Å². The van der Waals surface area contributed by atoms with E-state index in [0.29, 0.717) is 18.8 Å². The number of alkyl halides is 3. The number of hydrogen-bond acceptors (Lipinski definition) is 8. The minimum atomic E-state index is -4.54. The van der Waals surface area contributed by atoms with Gasteiger partial charge >= 0.3 is 12.1 Å². The third-order valence-corrected chi connectivity index (χ3v) is 4.54. The lowest BCUT2D eigenvalue weighted by Gasteiger charge is -2.22. The van der Waals surface area contributed by atoms with E-state index in [0.717, 1.165) is 12.1 Å². The highest BCUT2D eigenvalue weighted by atomic mass is 19.4. The van der Waals surface area contributed by atoms with E-state index in [-0.39, 0.29) is 35.2 Å². The van der Waals surface area contributed by atoms with Crippen molar-refractivity contribution in [1.82, 2.24) is 9.97 Å². The molecule has 0 spiro atoms. The molecule has 0 unspecified atom stereocenters. The number of ether oxygens (including phenoxy) is 3. The van der Waals surface area contributed by atoms with Gasteiger partial charge in [-0.25, -0.2) is 14.8 Å². The zero-order chi connectivity index (χ0) is 22.8. The van der Waals surface area contributed by atoms with Crippen LogP contribution >= 0.6 is 0 Å². The Morgan fingerprint density at radius 1 is 1.29 bits per heavy atom. The Morgan fingerprint density at radius 3 is 2.58 bits per heavy atom. The first-order valence-corrected chi connectivity index (χ1v) is 9.63. The van der Waals surface area contributed by atoms with Crippen LogP contribution in [0.4, 0.5) is 24.7 Å². The molecular formula is C20H23F3N4O4. The van der Waals surface area contributed by atoms with E-state index in [2.05, 4.69) is 15.3 Å². The average molecular weight is 440 g/mol. The standard InChI is InChI=1S/C20H23F3N4O4/c1-4-29-18(28)16-15(19-30-5-6-31-19)17(27-11(3)26-16)25-10(2)12-7-13(20(21,22)23)9-14(24)8-12/h7-10,19H,4-6,24H2,1-3H3,(H,25,26,27)/t10-/m1/s1. The molecule has 168 valence electrons. The number of hydrogen-bond donors (Lipinski definition) is 2. The van der Waals surface area contributed by atoms with Crippen LogP contribution in [0.2, 0.25) is 0 Å². The fraction of sp³-hybridized carbons (Fsp3) is 0.450. The van der Waals surface area contributed by atoms with Gasteiger partial charge in [0, 0.05) is 5.69 Å². The number of nitrogen functional groups attached to an aromatic ring is 1. The summed E-state index contributed by atoms with van der Waals surface area (Å²) in [6.07, 6.45) is -5.45. The normalized spacial score (nSPS) is 15.7. The van der Waals surface area contributed by atoms with Crippen LogP contribution < -0.4 is 11.1 Å². The summed E-state index contributed by atoms with van der Waals surface area (Å²) in [5, 5.41) is 3.05. The lowest BCUT2D eigenvalue weighted by molar-refractivity contribution is -0.137. The molecule has 3 N–H and O–H groups in total. The predicted molar refractivity (Wildman–Crippen MR) is 105 cm³/mol. The number of anilines is 2. The number of carbonyl (C=O) groups is 1. The van der Waals surface area contributed by atoms with Gasteiger partial charge in [-0.2, -0.15) is 13.2 Å². The molecule has 1 aromatic heterocycles. The lowest BCUT2D eigenvalue weighted by atomic mass is 10.0. The molecule has 8 nitrogen and oxygen atoms in total. The van der Waals surface area contributed by atoms with Gasteiger partial charge in [-0.3, -0.25) is 0 Å². The maximum absolute atomic E-state index is 13.2. The summed E-state index contributed by atoms with van der Waals surface area (Å²) in [4.78, 5) is 21.0. The summed E-state index contributed by atoms with van der Waals surface area (Å²) in [5.41, 5.74) is 5.30. The minimum Gasteiger partial charge on any atom is -0.461 e. The van der Waals surface area contributed by atoms with Crippen molar-refractivity contribution in [3.63, 3.8) is 0 Å². The zero-order valence-electron chi connectivity index (χ0n) is 17.2. The molecule has 2 aromatic rings. The number of nitrogens with one attached hydrogen (secondary N) is 1. The predicted octanol–water partition coefficient (Wildman–Crippen LogP) is 3.78. The first-order chi connectivity index (χ1) is 14.6. The lowest BCUT2D eigenvalue weighted by Crippen LogP contribution is -2.20. The number of benzene rings is 1. The van der Waals surface area contributed by atoms with Crippen molar-refractivity contribution in [1.29, 1.82) is 0 Å². The van der Waals surface area contributed by atoms with Gasteiger partial charge in [0.15, 0.2) is 12.0 Å². The van der Waals surface area contributed by atoms with Crippen LogP contribution in [0.15, 0.2) is 18.2 Å². The molecule has 3 rings (SSSR count). The molecule has 0 aliphatic carbocycles. The number of aromatic nitrogens is 2. The Balaban J connectivity index is 2.02. The van der Waals surface area contributed by atoms with Crippen LogP contribution in [0, 0.1) is 6.92 Å². The first kappa shape index (κ1) is 22.8. The van der Waals surface area contributed by atoms with Gasteiger partial charge in [-0.1, -0.05) is 0 Å². The number of esters is 1. The van der Waals surface area contributed by atoms with E-state index in [1.165, 1.54) is 6.07 Å². The minimum absolute atomic E-state index is 0.0211. The number of halogens is 3. The molecule has 0 radical (unpaired) electrons. The molecule has 1 fully saturated rings. The van der Waals surface area contributed by atoms with Crippen molar-refractivity contribution in [2.45, 2.75) is 39.3 Å². The molecule has 0 amide bonds. The molecule has 0 saturated carbocycles. The van der Waals surface area contributed by atoms with E-state index in [4.69, 9.17) is 19.9 Å². The van der Waals surface area contributed by atoms with Crippen molar-refractivity contribution < 1.29 is 32.2 Å². The maximum atomic E-state index is 13.2. The van der Waals surface area contributed by atoms with E-state index in [1.54, 1.807) is 20.8 Å². The highest BCUT2D eigenvalue weighted by molar-refractivity contribution is 5.90. The third-order valence-electron chi connectivity index (χ3n) is 4.54. The second-order valence-electron chi connectivity index (χ2n) is 6.93. The SMILES string of the molecule is CCOC(=O)c1nc(C)nc(N[C@H](C)c2cc(N)cc(C(F)(F)F)c2)c1C1OCCO1. The summed E-state index contributed by atoms with van der Waals surface area (Å²) in [5.74, 6) is -0.213. The molecule has 1 aliphatic heterocycles. The quantitative estimate of drug-likeness (QED) is 0.516. The number of aryl methyl sites for hydroxylation is 1. The number of nitrogens with zero attached hydrogens (tertiary/aromatic N) is 2. The van der Waals surface area contributed by atoms with Crippen LogP contribution in [-0.4, -0.2) is 35.8 Å². The van der Waals surface area contributed by atoms with Crippen molar-refractivity contribution in [3.8, 4) is 0 Å². The fourth-order valence-electron chi connectivity index (χ4n) is 3.17. The molecule has 1 aliphatic rings. The van der Waals surface area contributed by atoms with Crippen molar-refractivity contribution in [2.24, 2.45) is 0 Å². The summed E-state index contributed by atoms with van der Waals surface area (Å²) >= 11 is 0. The Bertz CT molecular complexity index is 962. The van der Waals surface area contributed by atoms with Crippen LogP contribution in [0.5, 0.6) is 0 Å². The average Bonchev–Trinajstić information content (AvgIpc) is 3.20. The van der Waals surface area contributed by atoms with E-state index < -0.39 is 30.0 Å². The Morgan fingerprint density at radius 2 is 1.97 bits per heavy atom. The third kappa shape index (κ3) is 5.23. The molecule has 31 heavy (non-hydrogen) atoms. The van der Waals surface area contributed by atoms with Crippen LogP contribution in [0.1, 0.15) is 59.2 Å². The highest BCUT2D eigenvalue weighted by Gasteiger charge is 2.33. The largest absolute Gasteiger partial charge is 0.461 e. The Labute approximate surface area is 176 Å². The number of carbonyl (C=O) groups excluding carboxylic acids is 1. The van der Waals surface area contributed by atoms with Gasteiger partial charge in [0.1, 0.15) is 11.6 Å². The van der Waals surface area contributed by atoms with Crippen LogP contribution in [0.3, 0.4) is 0 Å². The van der Waals surface area contributed by atoms with Crippen LogP contribution in [0.25, 0.3) is 0 Å². The Hall–Kier alpha value is -2.92. The Kier molecular flexibility index (Phi) is 6.65. The number of rotatable bonds is 6. The molecule has 1 saturated heterocycles. The zero-order valence-corrected chi connectivity index (χ0v) is 17.2. The molecule has 1 aromatic carbocycles. The van der Waals surface area contributed by atoms with Crippen molar-refractivity contribution in [2.75, 3.05) is 30.9 Å². The number of nitrogens with two attached hydrogens (primary N) is 1. The highest BCUT2D eigenvalue weighted by Crippen LogP contribution is 2.36. The van der Waals surface area contributed by atoms with Gasteiger partial charge in [-0.15, -0.1) is 0 Å². The smallest absolute Gasteiger partial charge is 0.416 e. The van der Waals surface area contributed by atoms with E-state index >= 15 is 0 Å². The van der Waals surface area contributed by atoms with Gasteiger partial charge in [0.05, 0.1) is 37.0 Å². The van der Waals surface area contributed by atoms with Crippen molar-refractivity contribution in [3.05, 3.63) is 46.4 Å². The fourth-order valence-corrected chi connectivity index (χ4v) is 3.17. The summed E-state index contributed by atoms with van der Waals surface area (Å²) < 4.78 is 55.7. The monoisotopic (exact) mass is 440 g/mol. The van der Waals surface area contributed by atoms with E-state index in [1.807, 2.05) is 0 Å². The van der Waals surface area contributed by atoms with Crippen LogP contribution in [-0.2, 0) is 20.4 Å². The van der Waals surface area contributed by atoms with Gasteiger partial charge < -0.3 is 25.3 Å². The van der Waals surface area contributed by atoms with E-state index in [9.17, 15) is 18.0 Å². The molecule has 1 atom stereocenters. The summed E-state index contributed by atoms with van der Waals surface area (Å²) in [7, 11) is 0. The summed E-state index contributed by atoms with van der Waals surface area (Å²) in [6, 6.07) is 2.68. The summed E-state index contributed by atoms with van der Waals surface area (Å²) in [6.45, 7) is 5.64. The van der Waals surface area contributed by atoms with Gasteiger partial charge in [0.25, 0.3) is 0 Å². The molecule has 11 heteroatoms. The topological polar surface area (TPSA) is 109 Å². The first-order valence-electron chi connectivity index (χ1n) is 9.63. The second kappa shape index (κ2) is 9.06. The molecule has 0 bridgehead atoms. The molecule has 2 heterocycles. The maximum Gasteiger partial charge on any atom is 0.416 e.